The third-order valence-electron chi connectivity index (χ3n) is 3.85. The normalized spacial score (nSPS) is 24.6. The molecule has 0 unspecified atom stereocenters. The van der Waals surface area contributed by atoms with Crippen LogP contribution < -0.4 is 0 Å². The standard InChI is InChI=1S/C13H19NO4S/c1-10-3-5-11(6-4-10)14(2)19(16,17)13-8-7-12(9-15)18-13/h7-11H,3-6H2,1-2H3. The highest BCUT2D eigenvalue weighted by atomic mass is 32.2. The van der Waals surface area contributed by atoms with Crippen molar-refractivity contribution >= 4 is 16.3 Å². The molecule has 5 nitrogen and oxygen atoms in total. The number of aldehydes is 1. The van der Waals surface area contributed by atoms with Gasteiger partial charge in [0.1, 0.15) is 0 Å². The molecule has 19 heavy (non-hydrogen) atoms. The zero-order chi connectivity index (χ0) is 14.0. The molecule has 0 saturated heterocycles. The van der Waals surface area contributed by atoms with Gasteiger partial charge < -0.3 is 4.42 Å². The van der Waals surface area contributed by atoms with Crippen molar-refractivity contribution < 1.29 is 17.6 Å². The van der Waals surface area contributed by atoms with E-state index in [-0.39, 0.29) is 16.9 Å². The average molecular weight is 285 g/mol. The largest absolute Gasteiger partial charge is 0.440 e. The van der Waals surface area contributed by atoms with E-state index in [0.717, 1.165) is 25.7 Å². The summed E-state index contributed by atoms with van der Waals surface area (Å²) in [6.45, 7) is 2.19. The second-order valence-electron chi connectivity index (χ2n) is 5.21. The molecule has 0 N–H and O–H groups in total. The Hall–Kier alpha value is -1.14. The highest BCUT2D eigenvalue weighted by Gasteiger charge is 2.32. The molecule has 1 saturated carbocycles. The minimum absolute atomic E-state index is 0.0194. The lowest BCUT2D eigenvalue weighted by atomic mass is 9.87. The number of carbonyl (C=O) groups excluding carboxylic acids is 1. The van der Waals surface area contributed by atoms with Crippen molar-refractivity contribution in [1.29, 1.82) is 0 Å². The Bertz CT molecular complexity index is 541. The van der Waals surface area contributed by atoms with Crippen molar-refractivity contribution in [1.82, 2.24) is 4.31 Å². The summed E-state index contributed by atoms with van der Waals surface area (Å²) in [5.41, 5.74) is 0. The van der Waals surface area contributed by atoms with E-state index in [1.807, 2.05) is 0 Å². The highest BCUT2D eigenvalue weighted by molar-refractivity contribution is 7.89. The number of carbonyl (C=O) groups is 1. The van der Waals surface area contributed by atoms with Crippen LogP contribution in [0.4, 0.5) is 0 Å². The van der Waals surface area contributed by atoms with Crippen LogP contribution in [0.1, 0.15) is 43.2 Å². The van der Waals surface area contributed by atoms with E-state index in [9.17, 15) is 13.2 Å². The molecule has 1 aromatic rings. The number of furan rings is 1. The fourth-order valence-electron chi connectivity index (χ4n) is 2.48. The van der Waals surface area contributed by atoms with Gasteiger partial charge in [0.05, 0.1) is 0 Å². The number of sulfonamides is 1. The maximum absolute atomic E-state index is 12.4. The van der Waals surface area contributed by atoms with Gasteiger partial charge in [-0.25, -0.2) is 8.42 Å². The number of hydrogen-bond acceptors (Lipinski definition) is 4. The van der Waals surface area contributed by atoms with Crippen LogP contribution >= 0.6 is 0 Å². The Labute approximate surface area is 113 Å². The fourth-order valence-corrected chi connectivity index (χ4v) is 3.81. The first kappa shape index (κ1) is 14.3. The van der Waals surface area contributed by atoms with Crippen LogP contribution in [0.5, 0.6) is 0 Å². The Kier molecular flexibility index (Phi) is 4.10. The molecule has 6 heteroatoms. The van der Waals surface area contributed by atoms with E-state index < -0.39 is 10.0 Å². The molecular weight excluding hydrogens is 266 g/mol. The molecule has 1 heterocycles. The predicted molar refractivity (Wildman–Crippen MR) is 70.5 cm³/mol. The summed E-state index contributed by atoms with van der Waals surface area (Å²) in [5, 5.41) is -0.157. The molecule has 1 fully saturated rings. The predicted octanol–water partition coefficient (Wildman–Crippen LogP) is 2.29. The van der Waals surface area contributed by atoms with E-state index in [0.29, 0.717) is 12.2 Å². The van der Waals surface area contributed by atoms with Crippen LogP contribution in [0, 0.1) is 5.92 Å². The molecule has 1 aliphatic carbocycles. The van der Waals surface area contributed by atoms with Gasteiger partial charge in [-0.15, -0.1) is 0 Å². The minimum atomic E-state index is -3.64. The molecule has 0 aliphatic heterocycles. The van der Waals surface area contributed by atoms with Gasteiger partial charge in [0.15, 0.2) is 12.0 Å². The van der Waals surface area contributed by atoms with Crippen molar-refractivity contribution in [3.63, 3.8) is 0 Å². The molecular formula is C13H19NO4S. The van der Waals surface area contributed by atoms with Gasteiger partial charge in [-0.2, -0.15) is 4.31 Å². The smallest absolute Gasteiger partial charge is 0.276 e. The first-order valence-corrected chi connectivity index (χ1v) is 7.92. The monoisotopic (exact) mass is 285 g/mol. The number of rotatable bonds is 4. The molecule has 0 radical (unpaired) electrons. The Balaban J connectivity index is 2.17. The Morgan fingerprint density at radius 3 is 2.42 bits per heavy atom. The van der Waals surface area contributed by atoms with E-state index in [2.05, 4.69) is 6.92 Å². The first-order valence-electron chi connectivity index (χ1n) is 6.48. The quantitative estimate of drug-likeness (QED) is 0.796. The van der Waals surface area contributed by atoms with Crippen LogP contribution in [0.2, 0.25) is 0 Å². The zero-order valence-electron chi connectivity index (χ0n) is 11.2. The SMILES string of the molecule is CC1CCC(N(C)S(=O)(=O)c2ccc(C=O)o2)CC1. The maximum atomic E-state index is 12.4. The van der Waals surface area contributed by atoms with Crippen molar-refractivity contribution in [3.05, 3.63) is 17.9 Å². The van der Waals surface area contributed by atoms with Crippen LogP contribution in [0.3, 0.4) is 0 Å². The van der Waals surface area contributed by atoms with Gasteiger partial charge in [-0.05, 0) is 43.7 Å². The summed E-state index contributed by atoms with van der Waals surface area (Å²) in [6, 6.07) is 2.73. The topological polar surface area (TPSA) is 67.6 Å². The van der Waals surface area contributed by atoms with E-state index in [1.165, 1.54) is 16.4 Å². The maximum Gasteiger partial charge on any atom is 0.276 e. The van der Waals surface area contributed by atoms with Gasteiger partial charge in [0, 0.05) is 13.1 Å². The van der Waals surface area contributed by atoms with E-state index in [4.69, 9.17) is 4.42 Å². The highest BCUT2D eigenvalue weighted by Crippen LogP contribution is 2.29. The summed E-state index contributed by atoms with van der Waals surface area (Å²) in [7, 11) is -2.06. The Morgan fingerprint density at radius 2 is 1.89 bits per heavy atom. The number of hydrogen-bond donors (Lipinski definition) is 0. The molecule has 0 atom stereocenters. The van der Waals surface area contributed by atoms with Crippen molar-refractivity contribution in [3.8, 4) is 0 Å². The lowest BCUT2D eigenvalue weighted by Crippen LogP contribution is -2.39. The summed E-state index contributed by atoms with van der Waals surface area (Å²) >= 11 is 0. The molecule has 0 spiro atoms. The second kappa shape index (κ2) is 5.46. The van der Waals surface area contributed by atoms with Crippen LogP contribution in [0.15, 0.2) is 21.6 Å². The molecule has 0 aromatic carbocycles. The van der Waals surface area contributed by atoms with Crippen molar-refractivity contribution in [2.24, 2.45) is 5.92 Å². The van der Waals surface area contributed by atoms with E-state index >= 15 is 0 Å². The molecule has 106 valence electrons. The van der Waals surface area contributed by atoms with Crippen molar-refractivity contribution in [2.45, 2.75) is 43.7 Å². The van der Waals surface area contributed by atoms with Crippen LogP contribution in [-0.4, -0.2) is 32.1 Å². The molecule has 0 amide bonds. The summed E-state index contributed by atoms with van der Waals surface area (Å²) in [6.07, 6.45) is 4.34. The van der Waals surface area contributed by atoms with Crippen LogP contribution in [-0.2, 0) is 10.0 Å². The van der Waals surface area contributed by atoms with Gasteiger partial charge in [0.2, 0.25) is 5.09 Å². The molecule has 1 aromatic heterocycles. The van der Waals surface area contributed by atoms with Gasteiger partial charge in [-0.3, -0.25) is 4.79 Å². The third-order valence-corrected chi connectivity index (χ3v) is 5.64. The Morgan fingerprint density at radius 1 is 1.26 bits per heavy atom. The first-order chi connectivity index (χ1) is 8.95. The summed E-state index contributed by atoms with van der Waals surface area (Å²) < 4.78 is 31.1. The van der Waals surface area contributed by atoms with Crippen LogP contribution in [0.25, 0.3) is 0 Å². The van der Waals surface area contributed by atoms with Gasteiger partial charge in [-0.1, -0.05) is 6.92 Å². The minimum Gasteiger partial charge on any atom is -0.440 e. The lowest BCUT2D eigenvalue weighted by molar-refractivity contribution is 0.109. The number of nitrogens with zero attached hydrogens (tertiary/aromatic N) is 1. The summed E-state index contributed by atoms with van der Waals surface area (Å²) in [5.74, 6) is 0.696. The molecule has 1 aliphatic rings. The average Bonchev–Trinajstić information content (AvgIpc) is 2.88. The van der Waals surface area contributed by atoms with Gasteiger partial charge >= 0.3 is 0 Å². The fraction of sp³-hybridized carbons (Fsp3) is 0.615. The lowest BCUT2D eigenvalue weighted by Gasteiger charge is -2.32. The zero-order valence-corrected chi connectivity index (χ0v) is 12.0. The molecule has 2 rings (SSSR count). The third kappa shape index (κ3) is 2.90. The van der Waals surface area contributed by atoms with E-state index in [1.54, 1.807) is 7.05 Å². The summed E-state index contributed by atoms with van der Waals surface area (Å²) in [4.78, 5) is 10.6. The van der Waals surface area contributed by atoms with Crippen molar-refractivity contribution in [2.75, 3.05) is 7.05 Å². The van der Waals surface area contributed by atoms with Gasteiger partial charge in [0.25, 0.3) is 10.0 Å². The second-order valence-corrected chi connectivity index (χ2v) is 7.14. The molecule has 0 bridgehead atoms.